The molecule has 0 radical (unpaired) electrons. The van der Waals surface area contributed by atoms with Crippen molar-refractivity contribution < 1.29 is 4.79 Å². The molecule has 1 aromatic carbocycles. The number of nitrogens with zero attached hydrogens (tertiary/aromatic N) is 2. The largest absolute Gasteiger partial charge is 0.353 e. The minimum Gasteiger partial charge on any atom is -0.353 e. The number of H-pyrrole nitrogens is 1. The Morgan fingerprint density at radius 3 is 2.68 bits per heavy atom. The van der Waals surface area contributed by atoms with Gasteiger partial charge in [0.25, 0.3) is 5.56 Å². The van der Waals surface area contributed by atoms with Gasteiger partial charge in [0.1, 0.15) is 5.52 Å². The fourth-order valence-electron chi connectivity index (χ4n) is 2.95. The minimum absolute atomic E-state index is 0.00567. The van der Waals surface area contributed by atoms with E-state index in [0.717, 1.165) is 17.7 Å². The summed E-state index contributed by atoms with van der Waals surface area (Å²) in [6.45, 7) is 8.45. The van der Waals surface area contributed by atoms with Gasteiger partial charge in [0.05, 0.1) is 11.3 Å². The molecular weight excluding hydrogens is 372 g/mol. The molecule has 2 aromatic heterocycles. The van der Waals surface area contributed by atoms with E-state index >= 15 is 0 Å². The zero-order chi connectivity index (χ0) is 20.3. The molecule has 3 rings (SSSR count). The van der Waals surface area contributed by atoms with Crippen LogP contribution in [0, 0.1) is 13.8 Å². The van der Waals surface area contributed by atoms with Crippen molar-refractivity contribution in [2.45, 2.75) is 51.9 Å². The fourth-order valence-corrected chi connectivity index (χ4v) is 3.88. The smallest absolute Gasteiger partial charge is 0.278 e. The standard InChI is InChI=1S/C21H26N4O2S/c1-5-15(4)25-20(27)19-17(10-14(3)23-19)24-21(25)28-12-18(26)22-11-16-8-6-13(2)7-9-16/h6-10,15,23H,5,11-12H2,1-4H3,(H,22,26)/t15-/m1/s1. The number of carbonyl (C=O) groups excluding carboxylic acids is 1. The number of rotatable bonds is 7. The van der Waals surface area contributed by atoms with Gasteiger partial charge in [-0.2, -0.15) is 0 Å². The Balaban J connectivity index is 1.74. The predicted molar refractivity (Wildman–Crippen MR) is 114 cm³/mol. The predicted octanol–water partition coefficient (Wildman–Crippen LogP) is 3.72. The third-order valence-corrected chi connectivity index (χ3v) is 5.71. The van der Waals surface area contributed by atoms with Crippen molar-refractivity contribution in [3.8, 4) is 0 Å². The molecule has 0 bridgehead atoms. The van der Waals surface area contributed by atoms with Crippen LogP contribution in [-0.4, -0.2) is 26.2 Å². The second-order valence-corrected chi connectivity index (χ2v) is 8.03. The van der Waals surface area contributed by atoms with Crippen molar-refractivity contribution >= 4 is 28.7 Å². The van der Waals surface area contributed by atoms with Crippen LogP contribution in [-0.2, 0) is 11.3 Å². The number of amides is 1. The number of aromatic nitrogens is 3. The first-order valence-corrected chi connectivity index (χ1v) is 10.4. The van der Waals surface area contributed by atoms with E-state index in [-0.39, 0.29) is 23.3 Å². The van der Waals surface area contributed by atoms with E-state index in [9.17, 15) is 9.59 Å². The van der Waals surface area contributed by atoms with Crippen LogP contribution < -0.4 is 10.9 Å². The molecule has 0 aliphatic heterocycles. The highest BCUT2D eigenvalue weighted by molar-refractivity contribution is 7.99. The highest BCUT2D eigenvalue weighted by Crippen LogP contribution is 2.22. The third-order valence-electron chi connectivity index (χ3n) is 4.76. The summed E-state index contributed by atoms with van der Waals surface area (Å²) in [7, 11) is 0. The lowest BCUT2D eigenvalue weighted by Crippen LogP contribution is -2.28. The number of fused-ring (bicyclic) bond motifs is 1. The van der Waals surface area contributed by atoms with Gasteiger partial charge in [-0.3, -0.25) is 14.2 Å². The monoisotopic (exact) mass is 398 g/mol. The van der Waals surface area contributed by atoms with Crippen LogP contribution in [0.3, 0.4) is 0 Å². The van der Waals surface area contributed by atoms with Crippen LogP contribution in [0.4, 0.5) is 0 Å². The molecule has 148 valence electrons. The highest BCUT2D eigenvalue weighted by atomic mass is 32.2. The number of nitrogens with one attached hydrogen (secondary N) is 2. The van der Waals surface area contributed by atoms with Gasteiger partial charge in [-0.25, -0.2) is 4.98 Å². The number of thioether (sulfide) groups is 1. The average Bonchev–Trinajstić information content (AvgIpc) is 3.06. The first kappa shape index (κ1) is 20.2. The van der Waals surface area contributed by atoms with Crippen molar-refractivity contribution in [1.29, 1.82) is 0 Å². The fraction of sp³-hybridized carbons (Fsp3) is 0.381. The molecule has 0 saturated carbocycles. The first-order valence-electron chi connectivity index (χ1n) is 9.46. The summed E-state index contributed by atoms with van der Waals surface area (Å²) >= 11 is 1.30. The maximum atomic E-state index is 12.9. The number of hydrogen-bond donors (Lipinski definition) is 2. The van der Waals surface area contributed by atoms with Crippen LogP contribution in [0.2, 0.25) is 0 Å². The summed E-state index contributed by atoms with van der Waals surface area (Å²) in [5.41, 5.74) is 4.22. The summed E-state index contributed by atoms with van der Waals surface area (Å²) < 4.78 is 1.69. The van der Waals surface area contributed by atoms with Crippen LogP contribution in [0.5, 0.6) is 0 Å². The molecule has 0 aliphatic rings. The van der Waals surface area contributed by atoms with Gasteiger partial charge < -0.3 is 10.3 Å². The molecule has 0 unspecified atom stereocenters. The number of aromatic amines is 1. The maximum Gasteiger partial charge on any atom is 0.278 e. The molecule has 6 nitrogen and oxygen atoms in total. The van der Waals surface area contributed by atoms with Crippen LogP contribution in [0.1, 0.15) is 43.1 Å². The van der Waals surface area contributed by atoms with E-state index in [1.807, 2.05) is 58.0 Å². The Labute approximate surface area is 168 Å². The van der Waals surface area contributed by atoms with E-state index in [2.05, 4.69) is 15.3 Å². The van der Waals surface area contributed by atoms with Crippen molar-refractivity contribution in [1.82, 2.24) is 19.9 Å². The first-order chi connectivity index (χ1) is 13.4. The topological polar surface area (TPSA) is 79.8 Å². The van der Waals surface area contributed by atoms with Crippen molar-refractivity contribution in [3.63, 3.8) is 0 Å². The second-order valence-electron chi connectivity index (χ2n) is 7.09. The van der Waals surface area contributed by atoms with E-state index in [4.69, 9.17) is 0 Å². The molecule has 2 heterocycles. The Morgan fingerprint density at radius 1 is 1.29 bits per heavy atom. The normalized spacial score (nSPS) is 12.3. The van der Waals surface area contributed by atoms with Gasteiger partial charge in [-0.15, -0.1) is 0 Å². The molecular formula is C21H26N4O2S. The van der Waals surface area contributed by atoms with E-state index < -0.39 is 0 Å². The maximum absolute atomic E-state index is 12.9. The zero-order valence-electron chi connectivity index (χ0n) is 16.7. The summed E-state index contributed by atoms with van der Waals surface area (Å²) in [5, 5.41) is 3.51. The number of carbonyl (C=O) groups is 1. The molecule has 2 N–H and O–H groups in total. The van der Waals surface area contributed by atoms with Crippen LogP contribution in [0.15, 0.2) is 40.3 Å². The Bertz CT molecular complexity index is 1040. The van der Waals surface area contributed by atoms with Gasteiger partial charge in [-0.1, -0.05) is 48.5 Å². The molecule has 7 heteroatoms. The molecule has 1 amide bonds. The molecule has 0 spiro atoms. The second kappa shape index (κ2) is 8.65. The molecule has 0 aliphatic carbocycles. The highest BCUT2D eigenvalue weighted by Gasteiger charge is 2.18. The molecule has 28 heavy (non-hydrogen) atoms. The van der Waals surface area contributed by atoms with Gasteiger partial charge in [-0.05, 0) is 38.8 Å². The summed E-state index contributed by atoms with van der Waals surface area (Å²) in [6, 6.07) is 9.93. The Kier molecular flexibility index (Phi) is 6.24. The van der Waals surface area contributed by atoms with Gasteiger partial charge in [0.2, 0.25) is 5.91 Å². The molecule has 0 saturated heterocycles. The zero-order valence-corrected chi connectivity index (χ0v) is 17.5. The lowest BCUT2D eigenvalue weighted by molar-refractivity contribution is -0.118. The van der Waals surface area contributed by atoms with Crippen LogP contribution in [0.25, 0.3) is 11.0 Å². The van der Waals surface area contributed by atoms with Gasteiger partial charge >= 0.3 is 0 Å². The van der Waals surface area contributed by atoms with Crippen molar-refractivity contribution in [3.05, 3.63) is 57.5 Å². The number of aryl methyl sites for hydroxylation is 2. The van der Waals surface area contributed by atoms with Gasteiger partial charge in [0, 0.05) is 18.3 Å². The molecule has 0 fully saturated rings. The van der Waals surface area contributed by atoms with E-state index in [1.54, 1.807) is 4.57 Å². The average molecular weight is 399 g/mol. The minimum atomic E-state index is -0.0880. The lowest BCUT2D eigenvalue weighted by Gasteiger charge is -2.17. The van der Waals surface area contributed by atoms with Gasteiger partial charge in [0.15, 0.2) is 5.16 Å². The van der Waals surface area contributed by atoms with Crippen molar-refractivity contribution in [2.75, 3.05) is 5.75 Å². The third kappa shape index (κ3) is 4.47. The van der Waals surface area contributed by atoms with Crippen molar-refractivity contribution in [2.24, 2.45) is 0 Å². The Morgan fingerprint density at radius 2 is 2.00 bits per heavy atom. The quantitative estimate of drug-likeness (QED) is 0.470. The summed E-state index contributed by atoms with van der Waals surface area (Å²) in [5.74, 6) is 0.129. The Hall–Kier alpha value is -2.54. The number of benzene rings is 1. The molecule has 1 atom stereocenters. The number of hydrogen-bond acceptors (Lipinski definition) is 4. The SMILES string of the molecule is CC[C@@H](C)n1c(SCC(=O)NCc2ccc(C)cc2)nc2cc(C)[nH]c2c1=O. The summed E-state index contributed by atoms with van der Waals surface area (Å²) in [4.78, 5) is 33.0. The molecule has 3 aromatic rings. The summed E-state index contributed by atoms with van der Waals surface area (Å²) in [6.07, 6.45) is 0.806. The lowest BCUT2D eigenvalue weighted by atomic mass is 10.1. The van der Waals surface area contributed by atoms with E-state index in [0.29, 0.717) is 22.7 Å². The van der Waals surface area contributed by atoms with Crippen LogP contribution >= 0.6 is 11.8 Å². The van der Waals surface area contributed by atoms with E-state index in [1.165, 1.54) is 17.3 Å².